The average Bonchev–Trinajstić information content (AvgIpc) is 3.79. The zero-order chi connectivity index (χ0) is 40.2. The van der Waals surface area contributed by atoms with Crippen LogP contribution in [0, 0.1) is 0 Å². The summed E-state index contributed by atoms with van der Waals surface area (Å²) in [6, 6.07) is 64.5. The van der Waals surface area contributed by atoms with Crippen LogP contribution < -0.4 is 0 Å². The van der Waals surface area contributed by atoms with Crippen LogP contribution in [0.15, 0.2) is 187 Å². The molecule has 59 heavy (non-hydrogen) atoms. The molecule has 0 aliphatic heterocycles. The molecule has 11 rings (SSSR count). The van der Waals surface area contributed by atoms with E-state index in [-0.39, 0.29) is 7.25 Å². The van der Waals surface area contributed by atoms with E-state index >= 15 is 0 Å². The van der Waals surface area contributed by atoms with Gasteiger partial charge in [-0.25, -0.2) is 0 Å². The molecular weight excluding hydrogens is 851 g/mol. The van der Waals surface area contributed by atoms with Crippen molar-refractivity contribution in [3.05, 3.63) is 215 Å². The maximum atomic E-state index is 9.06. The maximum absolute atomic E-state index is 9.06. The van der Waals surface area contributed by atoms with Gasteiger partial charge in [-0.3, -0.25) is 0 Å². The second-order valence-corrected chi connectivity index (χ2v) is 64.7. The molecule has 9 aromatic rings. The number of rotatable bonds is 6. The number of benzene rings is 9. The fourth-order valence-corrected chi connectivity index (χ4v) is 45.4. The predicted molar refractivity (Wildman–Crippen MR) is 257 cm³/mol. The van der Waals surface area contributed by atoms with E-state index in [0.29, 0.717) is 4.13 Å². The number of hydrogen-bond acceptors (Lipinski definition) is 0. The summed E-state index contributed by atoms with van der Waals surface area (Å²) in [7, 11) is 18.1. The molecule has 0 heterocycles. The third-order valence-electron chi connectivity index (χ3n) is 13.7. The van der Waals surface area contributed by atoms with Crippen molar-refractivity contribution in [3.8, 4) is 22.3 Å². The fourth-order valence-electron chi connectivity index (χ4n) is 11.6. The summed E-state index contributed by atoms with van der Waals surface area (Å²) in [5.41, 5.74) is 13.6. The van der Waals surface area contributed by atoms with Gasteiger partial charge >= 0.3 is 355 Å². The third-order valence-corrected chi connectivity index (χ3v) is 41.6. The van der Waals surface area contributed by atoms with Gasteiger partial charge in [0.15, 0.2) is 0 Å². The van der Waals surface area contributed by atoms with E-state index < -0.39 is 13.5 Å². The minimum absolute atomic E-state index is 0.129. The molecule has 0 N–H and O–H groups in total. The van der Waals surface area contributed by atoms with Crippen LogP contribution >= 0.6 is 17.0 Å². The molecule has 2 unspecified atom stereocenters. The van der Waals surface area contributed by atoms with Gasteiger partial charge in [0.1, 0.15) is 0 Å². The van der Waals surface area contributed by atoms with Crippen LogP contribution in [-0.4, -0.2) is 6.88 Å². The standard InChI is InChI=1S/2C24H17.C7H7.2ClH.H2Si.Zr/c2*1-16-12-19-8-4-10-21(23(19)13-16)22-11-5-9-20-14-17-6-2-3-7-18(17)15-24(20)22;1-7-5-3-2-4-6-7;;;;/h2*2-15H,1H3;2-6H,1H2;2*1H;1H2;/q;;;;;;+2/p-2. The van der Waals surface area contributed by atoms with Crippen molar-refractivity contribution < 1.29 is 13.5 Å². The first kappa shape index (κ1) is 37.2. The van der Waals surface area contributed by atoms with Crippen LogP contribution in [0.3, 0.4) is 0 Å². The van der Waals surface area contributed by atoms with Crippen molar-refractivity contribution in [2.24, 2.45) is 0 Å². The van der Waals surface area contributed by atoms with E-state index in [9.17, 15) is 0 Å². The molecule has 2 aliphatic rings. The quantitative estimate of drug-likeness (QED) is 0.115. The van der Waals surface area contributed by atoms with E-state index in [1.54, 1.807) is 0 Å². The zero-order valence-electron chi connectivity index (χ0n) is 33.2. The van der Waals surface area contributed by atoms with Crippen molar-refractivity contribution in [2.75, 3.05) is 0 Å². The van der Waals surface area contributed by atoms with Crippen LogP contribution in [0.25, 0.3) is 77.5 Å². The summed E-state index contributed by atoms with van der Waals surface area (Å²) in [6.45, 7) is 6.59. The number of fused-ring (bicyclic) bond motifs is 6. The Labute approximate surface area is 352 Å². The van der Waals surface area contributed by atoms with Crippen molar-refractivity contribution in [3.63, 3.8) is 0 Å². The van der Waals surface area contributed by atoms with E-state index in [1.165, 1.54) is 104 Å². The summed E-state index contributed by atoms with van der Waals surface area (Å²) in [5.74, 6) is 0. The molecule has 285 valence electrons. The van der Waals surface area contributed by atoms with Gasteiger partial charge in [0.2, 0.25) is 0 Å². The molecule has 0 fully saturated rings. The van der Waals surface area contributed by atoms with Crippen molar-refractivity contribution in [1.82, 2.24) is 0 Å². The van der Waals surface area contributed by atoms with Gasteiger partial charge in [-0.2, -0.15) is 0 Å². The van der Waals surface area contributed by atoms with Gasteiger partial charge in [-0.15, -0.1) is 0 Å². The van der Waals surface area contributed by atoms with Crippen LogP contribution in [0.4, 0.5) is 0 Å². The van der Waals surface area contributed by atoms with E-state index in [0.717, 1.165) is 0 Å². The SMILES string of the molecule is CC1=Cc2c(-c3cccc4cc5ccccc5cc34)cccc2[CH]1[Zr](=[SiH2])([Cl])([Cl])([CH2]c1ccccc1)[CH]1C(C)=Cc2c(-c3cccc4cc5ccccc5cc34)cccc21. The molecule has 0 aromatic heterocycles. The van der Waals surface area contributed by atoms with Crippen LogP contribution in [0.2, 0.25) is 0 Å². The first-order valence-electron chi connectivity index (χ1n) is 20.7. The molecule has 0 nitrogen and oxygen atoms in total. The average molecular weight is 894 g/mol. The van der Waals surface area contributed by atoms with E-state index in [1.807, 2.05) is 6.88 Å². The Morgan fingerprint density at radius 3 is 1.25 bits per heavy atom. The minimum atomic E-state index is -5.85. The molecule has 0 bridgehead atoms. The molecule has 0 amide bonds. The van der Waals surface area contributed by atoms with Crippen LogP contribution in [0.1, 0.15) is 48.9 Å². The first-order valence-corrected chi connectivity index (χ1v) is 37.5. The zero-order valence-corrected chi connectivity index (χ0v) is 38.6. The molecule has 0 saturated carbocycles. The fraction of sp³-hybridized carbons (Fsp3) is 0.0909. The van der Waals surface area contributed by atoms with Gasteiger partial charge in [-0.1, -0.05) is 0 Å². The molecule has 2 atom stereocenters. The molecular formula is C55H43Cl2SiZr. The molecule has 4 heteroatoms. The Bertz CT molecular complexity index is 3220. The van der Waals surface area contributed by atoms with Crippen LogP contribution in [-0.2, 0) is 17.7 Å². The summed E-state index contributed by atoms with van der Waals surface area (Å²) >= 11 is -5.85. The van der Waals surface area contributed by atoms with Gasteiger partial charge in [0.25, 0.3) is 0 Å². The summed E-state index contributed by atoms with van der Waals surface area (Å²) < 4.78 is 0.384. The summed E-state index contributed by atoms with van der Waals surface area (Å²) in [4.78, 5) is 0. The Morgan fingerprint density at radius 2 is 0.797 bits per heavy atom. The second-order valence-electron chi connectivity index (χ2n) is 17.6. The predicted octanol–water partition coefficient (Wildman–Crippen LogP) is 15.5. The normalized spacial score (nSPS) is 17.4. The van der Waals surface area contributed by atoms with Gasteiger partial charge in [0.05, 0.1) is 0 Å². The molecule has 0 saturated heterocycles. The van der Waals surface area contributed by atoms with Gasteiger partial charge in [-0.05, 0) is 0 Å². The van der Waals surface area contributed by atoms with E-state index in [4.69, 9.17) is 17.0 Å². The summed E-state index contributed by atoms with van der Waals surface area (Å²) in [5, 5.41) is 9.98. The molecule has 0 spiro atoms. The van der Waals surface area contributed by atoms with Gasteiger partial charge in [0, 0.05) is 0 Å². The Hall–Kier alpha value is -4.82. The number of hydrogen-bond donors (Lipinski definition) is 0. The monoisotopic (exact) mass is 891 g/mol. The van der Waals surface area contributed by atoms with Crippen molar-refractivity contribution >= 4 is 79.1 Å². The summed E-state index contributed by atoms with van der Waals surface area (Å²) in [6.07, 6.45) is 4.83. The molecule has 2 aliphatic carbocycles. The number of allylic oxidation sites excluding steroid dienone is 2. The molecule has 9 aromatic carbocycles. The molecule has 0 radical (unpaired) electrons. The Morgan fingerprint density at radius 1 is 0.424 bits per heavy atom. The van der Waals surface area contributed by atoms with Crippen molar-refractivity contribution in [1.29, 1.82) is 0 Å². The Kier molecular flexibility index (Phi) is 8.25. The third kappa shape index (κ3) is 5.71. The van der Waals surface area contributed by atoms with Gasteiger partial charge < -0.3 is 0 Å². The Balaban J connectivity index is 1.13. The van der Waals surface area contributed by atoms with Crippen molar-refractivity contribution in [2.45, 2.75) is 25.2 Å². The first-order chi connectivity index (χ1) is 28.5. The number of halogens is 2. The van der Waals surface area contributed by atoms with E-state index in [2.05, 4.69) is 202 Å². The topological polar surface area (TPSA) is 0 Å². The van der Waals surface area contributed by atoms with Crippen LogP contribution in [0.5, 0.6) is 0 Å². The second kappa shape index (κ2) is 13.1.